The van der Waals surface area contributed by atoms with Crippen molar-refractivity contribution in [1.29, 1.82) is 0 Å². The molecule has 2 rings (SSSR count). The van der Waals surface area contributed by atoms with Gasteiger partial charge >= 0.3 is 5.97 Å². The summed E-state index contributed by atoms with van der Waals surface area (Å²) in [7, 11) is 0. The summed E-state index contributed by atoms with van der Waals surface area (Å²) in [5, 5.41) is 11.4. The van der Waals surface area contributed by atoms with Crippen LogP contribution in [0.5, 0.6) is 0 Å². The highest BCUT2D eigenvalue weighted by Gasteiger charge is 2.28. The van der Waals surface area contributed by atoms with Gasteiger partial charge in [-0.15, -0.1) is 0 Å². The van der Waals surface area contributed by atoms with E-state index >= 15 is 0 Å². The summed E-state index contributed by atoms with van der Waals surface area (Å²) in [6.07, 6.45) is 1.23. The fourth-order valence-corrected chi connectivity index (χ4v) is 2.50. The minimum Gasteiger partial charge on any atom is -0.481 e. The van der Waals surface area contributed by atoms with E-state index in [1.165, 1.54) is 11.0 Å². The molecule has 0 aromatic carbocycles. The van der Waals surface area contributed by atoms with Crippen LogP contribution >= 0.6 is 15.9 Å². The van der Waals surface area contributed by atoms with Crippen molar-refractivity contribution < 1.29 is 23.9 Å². The molecule has 1 atom stereocenters. The summed E-state index contributed by atoms with van der Waals surface area (Å²) in [6.45, 7) is 0.532. The summed E-state index contributed by atoms with van der Waals surface area (Å²) in [4.78, 5) is 36.1. The Balaban J connectivity index is 1.84. The zero-order chi connectivity index (χ0) is 15.4. The molecule has 0 saturated carbocycles. The van der Waals surface area contributed by atoms with Crippen molar-refractivity contribution >= 4 is 33.7 Å². The monoisotopic (exact) mass is 358 g/mol. The topological polar surface area (TPSA) is 99.9 Å². The van der Waals surface area contributed by atoms with Crippen molar-refractivity contribution in [2.24, 2.45) is 5.92 Å². The first-order valence-corrected chi connectivity index (χ1v) is 7.31. The second-order valence-corrected chi connectivity index (χ2v) is 5.59. The van der Waals surface area contributed by atoms with Crippen LogP contribution in [0.3, 0.4) is 0 Å². The van der Waals surface area contributed by atoms with Gasteiger partial charge in [-0.05, 0) is 40.9 Å². The van der Waals surface area contributed by atoms with Crippen LogP contribution in [0.4, 0.5) is 0 Å². The fraction of sp³-hybridized carbons (Fsp3) is 0.462. The molecule has 7 nitrogen and oxygen atoms in total. The van der Waals surface area contributed by atoms with E-state index in [0.29, 0.717) is 24.1 Å². The average molecular weight is 359 g/mol. The highest BCUT2D eigenvalue weighted by molar-refractivity contribution is 9.10. The standard InChI is InChI=1S/C13H15BrN2O5/c14-10-4-3-9(21-10)12(18)15-6-11(17)16-5-1-2-8(7-16)13(19)20/h3-4,8H,1-2,5-7H2,(H,15,18)(H,19,20). The number of amides is 2. The maximum atomic E-state index is 12.0. The third-order valence-electron chi connectivity index (χ3n) is 3.32. The Morgan fingerprint density at radius 2 is 2.19 bits per heavy atom. The van der Waals surface area contributed by atoms with Crippen LogP contribution < -0.4 is 5.32 Å². The summed E-state index contributed by atoms with van der Waals surface area (Å²) in [5.74, 6) is -2.09. The van der Waals surface area contributed by atoms with Crippen molar-refractivity contribution in [3.05, 3.63) is 22.6 Å². The Morgan fingerprint density at radius 3 is 2.81 bits per heavy atom. The van der Waals surface area contributed by atoms with E-state index in [-0.39, 0.29) is 24.8 Å². The number of rotatable bonds is 4. The Labute approximate surface area is 129 Å². The minimum absolute atomic E-state index is 0.108. The SMILES string of the molecule is O=C(NCC(=O)N1CCCC(C(=O)O)C1)c1ccc(Br)o1. The van der Waals surface area contributed by atoms with E-state index in [4.69, 9.17) is 9.52 Å². The molecule has 0 radical (unpaired) electrons. The molecule has 1 saturated heterocycles. The van der Waals surface area contributed by atoms with Crippen LogP contribution in [0.15, 0.2) is 21.2 Å². The highest BCUT2D eigenvalue weighted by atomic mass is 79.9. The molecule has 2 amide bonds. The molecular formula is C13H15BrN2O5. The molecule has 0 spiro atoms. The van der Waals surface area contributed by atoms with E-state index < -0.39 is 17.8 Å². The predicted octanol–water partition coefficient (Wildman–Crippen LogP) is 1.10. The van der Waals surface area contributed by atoms with Gasteiger partial charge in [0, 0.05) is 13.1 Å². The molecule has 8 heteroatoms. The largest absolute Gasteiger partial charge is 0.481 e. The number of carbonyl (C=O) groups is 3. The van der Waals surface area contributed by atoms with E-state index in [9.17, 15) is 14.4 Å². The number of likely N-dealkylation sites (tertiary alicyclic amines) is 1. The third-order valence-corrected chi connectivity index (χ3v) is 3.75. The van der Waals surface area contributed by atoms with Crippen LogP contribution in [0, 0.1) is 5.92 Å². The molecule has 1 aliphatic heterocycles. The molecule has 2 heterocycles. The lowest BCUT2D eigenvalue weighted by Gasteiger charge is -2.30. The van der Waals surface area contributed by atoms with Crippen LogP contribution in [0.1, 0.15) is 23.4 Å². The molecular weight excluding hydrogens is 344 g/mol. The van der Waals surface area contributed by atoms with Crippen molar-refractivity contribution in [3.63, 3.8) is 0 Å². The normalized spacial score (nSPS) is 18.3. The average Bonchev–Trinajstić information content (AvgIpc) is 2.91. The molecule has 21 heavy (non-hydrogen) atoms. The molecule has 1 aliphatic rings. The maximum Gasteiger partial charge on any atom is 0.308 e. The smallest absolute Gasteiger partial charge is 0.308 e. The first-order chi connectivity index (χ1) is 9.97. The number of nitrogens with one attached hydrogen (secondary N) is 1. The molecule has 2 N–H and O–H groups in total. The Hall–Kier alpha value is -1.83. The molecule has 1 fully saturated rings. The minimum atomic E-state index is -0.892. The van der Waals surface area contributed by atoms with Gasteiger partial charge in [0.15, 0.2) is 10.4 Å². The fourth-order valence-electron chi connectivity index (χ4n) is 2.20. The van der Waals surface area contributed by atoms with Crippen molar-refractivity contribution in [3.8, 4) is 0 Å². The lowest BCUT2D eigenvalue weighted by atomic mass is 9.98. The van der Waals surface area contributed by atoms with Gasteiger partial charge < -0.3 is 19.7 Å². The van der Waals surface area contributed by atoms with E-state index in [1.54, 1.807) is 6.07 Å². The van der Waals surface area contributed by atoms with Gasteiger partial charge in [0.2, 0.25) is 5.91 Å². The zero-order valence-electron chi connectivity index (χ0n) is 11.2. The number of halogens is 1. The van der Waals surface area contributed by atoms with Gasteiger partial charge in [-0.2, -0.15) is 0 Å². The second-order valence-electron chi connectivity index (χ2n) is 4.80. The number of carbonyl (C=O) groups excluding carboxylic acids is 2. The van der Waals surface area contributed by atoms with Gasteiger partial charge in [0.1, 0.15) is 0 Å². The number of carboxylic acid groups (broad SMARTS) is 1. The van der Waals surface area contributed by atoms with E-state index in [0.717, 1.165) is 0 Å². The summed E-state index contributed by atoms with van der Waals surface area (Å²) < 4.78 is 5.50. The second kappa shape index (κ2) is 6.75. The Morgan fingerprint density at radius 1 is 1.43 bits per heavy atom. The maximum absolute atomic E-state index is 12.0. The van der Waals surface area contributed by atoms with Gasteiger partial charge in [0.05, 0.1) is 12.5 Å². The Kier molecular flexibility index (Phi) is 5.00. The lowest BCUT2D eigenvalue weighted by molar-refractivity contribution is -0.145. The molecule has 1 aromatic rings. The van der Waals surface area contributed by atoms with Crippen molar-refractivity contribution in [1.82, 2.24) is 10.2 Å². The summed E-state index contributed by atoms with van der Waals surface area (Å²) >= 11 is 3.09. The molecule has 114 valence electrons. The molecule has 0 aliphatic carbocycles. The van der Waals surface area contributed by atoms with Crippen molar-refractivity contribution in [2.45, 2.75) is 12.8 Å². The van der Waals surface area contributed by atoms with Gasteiger partial charge in [-0.3, -0.25) is 14.4 Å². The summed E-state index contributed by atoms with van der Waals surface area (Å²) in [5.41, 5.74) is 0. The van der Waals surface area contributed by atoms with Gasteiger partial charge in [0.25, 0.3) is 5.91 Å². The van der Waals surface area contributed by atoms with E-state index in [2.05, 4.69) is 21.2 Å². The Bertz CT molecular complexity index is 557. The quantitative estimate of drug-likeness (QED) is 0.839. The molecule has 1 unspecified atom stereocenters. The first-order valence-electron chi connectivity index (χ1n) is 6.51. The van der Waals surface area contributed by atoms with Gasteiger partial charge in [-0.25, -0.2) is 0 Å². The van der Waals surface area contributed by atoms with Crippen LogP contribution in [-0.2, 0) is 9.59 Å². The van der Waals surface area contributed by atoms with Crippen LogP contribution in [-0.4, -0.2) is 47.4 Å². The number of hydrogen-bond acceptors (Lipinski definition) is 4. The lowest BCUT2D eigenvalue weighted by Crippen LogP contribution is -2.46. The predicted molar refractivity (Wildman–Crippen MR) is 75.7 cm³/mol. The number of nitrogens with zero attached hydrogens (tertiary/aromatic N) is 1. The number of piperidine rings is 1. The zero-order valence-corrected chi connectivity index (χ0v) is 12.8. The van der Waals surface area contributed by atoms with E-state index in [1.807, 2.05) is 0 Å². The highest BCUT2D eigenvalue weighted by Crippen LogP contribution is 2.17. The van der Waals surface area contributed by atoms with Crippen LogP contribution in [0.2, 0.25) is 0 Å². The number of carboxylic acids is 1. The van der Waals surface area contributed by atoms with Crippen molar-refractivity contribution in [2.75, 3.05) is 19.6 Å². The number of furan rings is 1. The first kappa shape index (κ1) is 15.6. The van der Waals surface area contributed by atoms with Gasteiger partial charge in [-0.1, -0.05) is 0 Å². The van der Waals surface area contributed by atoms with Crippen LogP contribution in [0.25, 0.3) is 0 Å². The summed E-state index contributed by atoms with van der Waals surface area (Å²) in [6, 6.07) is 3.07. The third kappa shape index (κ3) is 4.07. The number of aliphatic carboxylic acids is 1. The molecule has 1 aromatic heterocycles. The molecule has 0 bridgehead atoms. The number of hydrogen-bond donors (Lipinski definition) is 2.